The van der Waals surface area contributed by atoms with E-state index in [1.165, 1.54) is 64.0 Å². The van der Waals surface area contributed by atoms with Gasteiger partial charge >= 0.3 is 5.97 Å². The third kappa shape index (κ3) is 7.75. The fraction of sp³-hybridized carbons (Fsp3) is 0.774. The van der Waals surface area contributed by atoms with Gasteiger partial charge in [0.25, 0.3) is 0 Å². The summed E-state index contributed by atoms with van der Waals surface area (Å²) in [6.07, 6.45) is 13.8. The molecule has 0 N–H and O–H groups in total. The SMILES string of the molecule is COC(=O)c1c(C)c(C)c2c(c1C)CCC(C)(CCCC(C)CCCC(C)CCCC(C)C)O2. The number of hydrogen-bond acceptors (Lipinski definition) is 3. The Labute approximate surface area is 210 Å². The molecule has 0 aromatic heterocycles. The second-order valence-corrected chi connectivity index (χ2v) is 12.0. The zero-order valence-electron chi connectivity index (χ0n) is 23.7. The van der Waals surface area contributed by atoms with Gasteiger partial charge in [-0.2, -0.15) is 0 Å². The van der Waals surface area contributed by atoms with Gasteiger partial charge in [0.2, 0.25) is 0 Å². The molecule has 0 radical (unpaired) electrons. The number of methoxy groups -OCH3 is 1. The lowest BCUT2D eigenvalue weighted by Crippen LogP contribution is -2.37. The van der Waals surface area contributed by atoms with Crippen LogP contribution in [0.25, 0.3) is 0 Å². The van der Waals surface area contributed by atoms with Crippen LogP contribution >= 0.6 is 0 Å². The van der Waals surface area contributed by atoms with Crippen molar-refractivity contribution in [2.45, 2.75) is 132 Å². The van der Waals surface area contributed by atoms with E-state index in [2.05, 4.69) is 41.5 Å². The Morgan fingerprint density at radius 1 is 0.882 bits per heavy atom. The van der Waals surface area contributed by atoms with Crippen LogP contribution in [0.5, 0.6) is 5.75 Å². The molecule has 0 bridgehead atoms. The molecule has 0 amide bonds. The highest BCUT2D eigenvalue weighted by Gasteiger charge is 2.35. The lowest BCUT2D eigenvalue weighted by Gasteiger charge is -2.38. The van der Waals surface area contributed by atoms with Crippen LogP contribution in [-0.2, 0) is 11.2 Å². The van der Waals surface area contributed by atoms with Crippen LogP contribution < -0.4 is 4.74 Å². The zero-order chi connectivity index (χ0) is 25.5. The maximum atomic E-state index is 12.3. The monoisotopic (exact) mass is 472 g/mol. The number of carbonyl (C=O) groups is 1. The third-order valence-corrected chi connectivity index (χ3v) is 8.30. The average molecular weight is 473 g/mol. The van der Waals surface area contributed by atoms with E-state index in [-0.39, 0.29) is 11.6 Å². The van der Waals surface area contributed by atoms with Crippen LogP contribution in [0.15, 0.2) is 0 Å². The van der Waals surface area contributed by atoms with Crippen molar-refractivity contribution in [3.05, 3.63) is 27.8 Å². The maximum Gasteiger partial charge on any atom is 0.338 e. The van der Waals surface area contributed by atoms with E-state index in [9.17, 15) is 4.79 Å². The van der Waals surface area contributed by atoms with E-state index in [4.69, 9.17) is 9.47 Å². The van der Waals surface area contributed by atoms with Crippen LogP contribution in [0.4, 0.5) is 0 Å². The number of fused-ring (bicyclic) bond motifs is 1. The molecule has 1 aromatic rings. The van der Waals surface area contributed by atoms with Gasteiger partial charge < -0.3 is 9.47 Å². The summed E-state index contributed by atoms with van der Waals surface area (Å²) >= 11 is 0. The fourth-order valence-electron chi connectivity index (χ4n) is 5.70. The number of benzene rings is 1. The fourth-order valence-corrected chi connectivity index (χ4v) is 5.70. The molecule has 3 unspecified atom stereocenters. The van der Waals surface area contributed by atoms with Gasteiger partial charge in [0.05, 0.1) is 12.7 Å². The number of rotatable bonds is 13. The zero-order valence-corrected chi connectivity index (χ0v) is 23.7. The Morgan fingerprint density at radius 3 is 2.00 bits per heavy atom. The minimum absolute atomic E-state index is 0.117. The second kappa shape index (κ2) is 13.0. The first-order valence-electron chi connectivity index (χ1n) is 13.9. The van der Waals surface area contributed by atoms with Gasteiger partial charge in [0, 0.05) is 0 Å². The van der Waals surface area contributed by atoms with Crippen molar-refractivity contribution in [2.75, 3.05) is 7.11 Å². The lowest BCUT2D eigenvalue weighted by atomic mass is 9.82. The van der Waals surface area contributed by atoms with Crippen molar-refractivity contribution < 1.29 is 14.3 Å². The minimum Gasteiger partial charge on any atom is -0.487 e. The first-order chi connectivity index (χ1) is 16.0. The Balaban J connectivity index is 1.83. The predicted molar refractivity (Wildman–Crippen MR) is 144 cm³/mol. The lowest BCUT2D eigenvalue weighted by molar-refractivity contribution is 0.0509. The molecule has 34 heavy (non-hydrogen) atoms. The van der Waals surface area contributed by atoms with Gasteiger partial charge in [-0.15, -0.1) is 0 Å². The molecule has 3 nitrogen and oxygen atoms in total. The first-order valence-corrected chi connectivity index (χ1v) is 13.9. The van der Waals surface area contributed by atoms with Gasteiger partial charge in [-0.25, -0.2) is 4.79 Å². The van der Waals surface area contributed by atoms with Crippen LogP contribution in [-0.4, -0.2) is 18.7 Å². The summed E-state index contributed by atoms with van der Waals surface area (Å²) in [7, 11) is 1.46. The van der Waals surface area contributed by atoms with Crippen molar-refractivity contribution in [3.8, 4) is 5.75 Å². The summed E-state index contributed by atoms with van der Waals surface area (Å²) in [5, 5.41) is 0. The average Bonchev–Trinajstić information content (AvgIpc) is 2.77. The Morgan fingerprint density at radius 2 is 1.44 bits per heavy atom. The number of hydrogen-bond donors (Lipinski definition) is 0. The minimum atomic E-state index is -0.242. The van der Waals surface area contributed by atoms with E-state index in [1.54, 1.807) is 0 Å². The highest BCUT2D eigenvalue weighted by Crippen LogP contribution is 2.42. The third-order valence-electron chi connectivity index (χ3n) is 8.30. The van der Waals surface area contributed by atoms with Gasteiger partial charge in [-0.3, -0.25) is 0 Å². The Hall–Kier alpha value is -1.51. The summed E-state index contributed by atoms with van der Waals surface area (Å²) in [5.74, 6) is 3.26. The highest BCUT2D eigenvalue weighted by atomic mass is 16.5. The number of ether oxygens (including phenoxy) is 2. The molecule has 1 aromatic carbocycles. The molecular weight excluding hydrogens is 420 g/mol. The number of carbonyl (C=O) groups excluding carboxylic acids is 1. The normalized spacial score (nSPS) is 19.5. The predicted octanol–water partition coefficient (Wildman–Crippen LogP) is 8.92. The summed E-state index contributed by atoms with van der Waals surface area (Å²) in [6.45, 7) is 17.9. The second-order valence-electron chi connectivity index (χ2n) is 12.0. The summed E-state index contributed by atoms with van der Waals surface area (Å²) < 4.78 is 11.7. The topological polar surface area (TPSA) is 35.5 Å². The molecule has 194 valence electrons. The van der Waals surface area contributed by atoms with Crippen molar-refractivity contribution in [1.82, 2.24) is 0 Å². The van der Waals surface area contributed by atoms with Gasteiger partial charge in [-0.05, 0) is 93.4 Å². The Bertz CT molecular complexity index is 810. The Kier molecular flexibility index (Phi) is 11.0. The molecular formula is C31H52O3. The van der Waals surface area contributed by atoms with Crippen molar-refractivity contribution in [2.24, 2.45) is 17.8 Å². The molecule has 0 spiro atoms. The maximum absolute atomic E-state index is 12.3. The molecule has 1 aliphatic rings. The van der Waals surface area contributed by atoms with Gasteiger partial charge in [0.1, 0.15) is 11.4 Å². The molecule has 0 aliphatic carbocycles. The van der Waals surface area contributed by atoms with Crippen LogP contribution in [0.3, 0.4) is 0 Å². The van der Waals surface area contributed by atoms with E-state index in [0.29, 0.717) is 5.56 Å². The van der Waals surface area contributed by atoms with E-state index in [1.807, 2.05) is 13.8 Å². The highest BCUT2D eigenvalue weighted by molar-refractivity contribution is 5.94. The first kappa shape index (κ1) is 28.7. The number of esters is 1. The molecule has 2 rings (SSSR count). The van der Waals surface area contributed by atoms with Gasteiger partial charge in [0.15, 0.2) is 0 Å². The smallest absolute Gasteiger partial charge is 0.338 e. The summed E-state index contributed by atoms with van der Waals surface area (Å²) in [4.78, 5) is 12.3. The van der Waals surface area contributed by atoms with Gasteiger partial charge in [-0.1, -0.05) is 72.6 Å². The molecule has 0 fully saturated rings. The molecule has 0 saturated heterocycles. The summed E-state index contributed by atoms with van der Waals surface area (Å²) in [6, 6.07) is 0. The molecule has 1 aliphatic heterocycles. The van der Waals surface area contributed by atoms with Crippen LogP contribution in [0.2, 0.25) is 0 Å². The van der Waals surface area contributed by atoms with E-state index in [0.717, 1.165) is 59.5 Å². The van der Waals surface area contributed by atoms with Crippen LogP contribution in [0.1, 0.15) is 131 Å². The molecule has 3 heteroatoms. The van der Waals surface area contributed by atoms with Crippen molar-refractivity contribution in [1.29, 1.82) is 0 Å². The van der Waals surface area contributed by atoms with E-state index >= 15 is 0 Å². The standard InChI is InChI=1S/C31H52O3/c1-21(2)13-10-14-22(3)15-11-16-23(4)17-12-19-31(8)20-18-27-26(7)28(30(32)33-9)24(5)25(6)29(27)34-31/h21-23H,10-20H2,1-9H3. The largest absolute Gasteiger partial charge is 0.487 e. The summed E-state index contributed by atoms with van der Waals surface area (Å²) in [5.41, 5.74) is 4.89. The molecule has 3 atom stereocenters. The van der Waals surface area contributed by atoms with Crippen LogP contribution in [0, 0.1) is 38.5 Å². The van der Waals surface area contributed by atoms with E-state index < -0.39 is 0 Å². The van der Waals surface area contributed by atoms with Crippen molar-refractivity contribution >= 4 is 5.97 Å². The molecule has 0 saturated carbocycles. The molecule has 1 heterocycles. The quantitative estimate of drug-likeness (QED) is 0.269. The van der Waals surface area contributed by atoms with Crippen molar-refractivity contribution in [3.63, 3.8) is 0 Å².